The Morgan fingerprint density at radius 2 is 1.84 bits per heavy atom. The second-order valence-electron chi connectivity index (χ2n) is 9.57. The fraction of sp³-hybridized carbons (Fsp3) is 0.429. The minimum atomic E-state index is 0.173. The Kier molecular flexibility index (Phi) is 5.73. The average molecular weight is 429 g/mol. The van der Waals surface area contributed by atoms with Crippen LogP contribution in [0.4, 0.5) is 5.69 Å². The Morgan fingerprint density at radius 1 is 1.09 bits per heavy atom. The summed E-state index contributed by atoms with van der Waals surface area (Å²) in [5.74, 6) is 0. The van der Waals surface area contributed by atoms with E-state index in [-0.39, 0.29) is 6.04 Å². The summed E-state index contributed by atoms with van der Waals surface area (Å²) in [5.41, 5.74) is 7.78. The van der Waals surface area contributed by atoms with Crippen LogP contribution in [0.15, 0.2) is 60.8 Å². The van der Waals surface area contributed by atoms with E-state index in [2.05, 4.69) is 96.0 Å². The number of rotatable bonds is 7. The van der Waals surface area contributed by atoms with Crippen LogP contribution in [0.3, 0.4) is 0 Å². The van der Waals surface area contributed by atoms with Gasteiger partial charge in [0.15, 0.2) is 0 Å². The first-order chi connectivity index (χ1) is 15.6. The van der Waals surface area contributed by atoms with E-state index in [0.29, 0.717) is 12.1 Å². The van der Waals surface area contributed by atoms with Gasteiger partial charge in [-0.15, -0.1) is 0 Å². The first-order valence-electron chi connectivity index (χ1n) is 12.2. The highest BCUT2D eigenvalue weighted by atomic mass is 15.2. The van der Waals surface area contributed by atoms with Gasteiger partial charge in [0.2, 0.25) is 0 Å². The number of aromatic amines is 1. The van der Waals surface area contributed by atoms with Crippen molar-refractivity contribution in [1.29, 1.82) is 0 Å². The van der Waals surface area contributed by atoms with Crippen molar-refractivity contribution in [2.45, 2.75) is 58.2 Å². The van der Waals surface area contributed by atoms with E-state index in [1.165, 1.54) is 52.1 Å². The minimum Gasteiger partial charge on any atom is -0.380 e. The van der Waals surface area contributed by atoms with Crippen molar-refractivity contribution < 1.29 is 0 Å². The third kappa shape index (κ3) is 3.71. The summed E-state index contributed by atoms with van der Waals surface area (Å²) < 4.78 is 0. The number of H-pyrrole nitrogens is 1. The molecular weight excluding hydrogens is 392 g/mol. The van der Waals surface area contributed by atoms with Crippen LogP contribution in [0.5, 0.6) is 0 Å². The Labute approximate surface area is 192 Å². The molecule has 0 unspecified atom stereocenters. The number of fused-ring (bicyclic) bond motifs is 3. The first kappa shape index (κ1) is 21.1. The molecule has 1 aromatic heterocycles. The van der Waals surface area contributed by atoms with Gasteiger partial charge in [-0.25, -0.2) is 0 Å². The Balaban J connectivity index is 1.45. The highest BCUT2D eigenvalue weighted by molar-refractivity contribution is 5.85. The van der Waals surface area contributed by atoms with E-state index in [1.807, 2.05) is 0 Å². The fourth-order valence-corrected chi connectivity index (χ4v) is 5.62. The van der Waals surface area contributed by atoms with Gasteiger partial charge in [-0.1, -0.05) is 50.8 Å². The maximum atomic E-state index is 4.44. The van der Waals surface area contributed by atoms with Crippen molar-refractivity contribution in [2.75, 3.05) is 25.0 Å². The standard InChI is InChI=1S/C28H36N4/c1-5-15-31-17-23(18-31)29-22-13-11-21(12-14-22)28-27-25(16-20(4)32(28)19(3)6-2)24-9-7-8-10-26(24)30-27/h7-14,20,23,28-30H,3,5-6,15-18H2,1-2,4H3/t20-,28-/m1/s1. The molecule has 168 valence electrons. The van der Waals surface area contributed by atoms with Crippen LogP contribution in [0, 0.1) is 0 Å². The van der Waals surface area contributed by atoms with Crippen molar-refractivity contribution in [3.63, 3.8) is 0 Å². The minimum absolute atomic E-state index is 0.173. The summed E-state index contributed by atoms with van der Waals surface area (Å²) in [6.07, 6.45) is 3.24. The van der Waals surface area contributed by atoms with Crippen LogP contribution in [-0.2, 0) is 6.42 Å². The molecule has 2 aliphatic heterocycles. The van der Waals surface area contributed by atoms with Crippen molar-refractivity contribution >= 4 is 16.6 Å². The average Bonchev–Trinajstić information content (AvgIpc) is 3.15. The third-order valence-electron chi connectivity index (χ3n) is 7.24. The Morgan fingerprint density at radius 3 is 2.56 bits per heavy atom. The molecule has 2 atom stereocenters. The summed E-state index contributed by atoms with van der Waals surface area (Å²) >= 11 is 0. The number of hydrogen-bond acceptors (Lipinski definition) is 3. The zero-order chi connectivity index (χ0) is 22.2. The van der Waals surface area contributed by atoms with Gasteiger partial charge < -0.3 is 15.2 Å². The lowest BCUT2D eigenvalue weighted by molar-refractivity contribution is 0.162. The lowest BCUT2D eigenvalue weighted by atomic mass is 9.88. The molecule has 32 heavy (non-hydrogen) atoms. The molecule has 4 heteroatoms. The number of nitrogens with zero attached hydrogens (tertiary/aromatic N) is 2. The van der Waals surface area contributed by atoms with E-state index < -0.39 is 0 Å². The van der Waals surface area contributed by atoms with Crippen LogP contribution in [0.1, 0.15) is 56.5 Å². The molecule has 3 aromatic rings. The van der Waals surface area contributed by atoms with Gasteiger partial charge >= 0.3 is 0 Å². The van der Waals surface area contributed by atoms with Gasteiger partial charge in [0.1, 0.15) is 0 Å². The molecule has 1 saturated heterocycles. The molecule has 2 N–H and O–H groups in total. The lowest BCUT2D eigenvalue weighted by Crippen LogP contribution is -2.54. The molecule has 2 aromatic carbocycles. The van der Waals surface area contributed by atoms with E-state index in [0.717, 1.165) is 25.9 Å². The zero-order valence-corrected chi connectivity index (χ0v) is 19.7. The number of para-hydroxylation sites is 1. The first-order valence-corrected chi connectivity index (χ1v) is 12.2. The molecule has 4 nitrogen and oxygen atoms in total. The number of anilines is 1. The molecule has 0 saturated carbocycles. The quantitative estimate of drug-likeness (QED) is 0.489. The van der Waals surface area contributed by atoms with Crippen LogP contribution < -0.4 is 5.32 Å². The Hall–Kier alpha value is -2.72. The highest BCUT2D eigenvalue weighted by Gasteiger charge is 2.36. The normalized spacial score (nSPS) is 21.4. The number of aromatic nitrogens is 1. The zero-order valence-electron chi connectivity index (χ0n) is 19.7. The van der Waals surface area contributed by atoms with E-state index in [9.17, 15) is 0 Å². The summed E-state index contributed by atoms with van der Waals surface area (Å²) in [7, 11) is 0. The molecule has 0 bridgehead atoms. The number of allylic oxidation sites excluding steroid dienone is 1. The molecule has 0 amide bonds. The molecule has 0 aliphatic carbocycles. The van der Waals surface area contributed by atoms with Crippen LogP contribution in [-0.4, -0.2) is 46.5 Å². The van der Waals surface area contributed by atoms with E-state index >= 15 is 0 Å². The summed E-state index contributed by atoms with van der Waals surface area (Å²) in [6, 6.07) is 19.0. The number of hydrogen-bond donors (Lipinski definition) is 2. The van der Waals surface area contributed by atoms with Crippen molar-refractivity contribution in [1.82, 2.24) is 14.8 Å². The van der Waals surface area contributed by atoms with Gasteiger partial charge in [-0.05, 0) is 62.1 Å². The highest BCUT2D eigenvalue weighted by Crippen LogP contribution is 2.43. The SMILES string of the molecule is C=C(CC)N1[C@H](c2ccc(NC3CN(CCC)C3)cc2)c2[nH]c3ccccc3c2C[C@H]1C. The van der Waals surface area contributed by atoms with Crippen LogP contribution in [0.2, 0.25) is 0 Å². The van der Waals surface area contributed by atoms with Crippen molar-refractivity contribution in [3.8, 4) is 0 Å². The van der Waals surface area contributed by atoms with E-state index in [4.69, 9.17) is 0 Å². The second-order valence-corrected chi connectivity index (χ2v) is 9.57. The van der Waals surface area contributed by atoms with Gasteiger partial charge in [0.05, 0.1) is 12.1 Å². The number of likely N-dealkylation sites (tertiary alicyclic amines) is 1. The predicted octanol–water partition coefficient (Wildman–Crippen LogP) is 5.93. The summed E-state index contributed by atoms with van der Waals surface area (Å²) in [4.78, 5) is 8.82. The van der Waals surface area contributed by atoms with E-state index in [1.54, 1.807) is 0 Å². The van der Waals surface area contributed by atoms with Crippen LogP contribution in [0.25, 0.3) is 10.9 Å². The summed E-state index contributed by atoms with van der Waals surface area (Å²) in [6.45, 7) is 14.8. The monoisotopic (exact) mass is 428 g/mol. The van der Waals surface area contributed by atoms with Gasteiger partial charge in [0.25, 0.3) is 0 Å². The number of benzene rings is 2. The Bertz CT molecular complexity index is 1090. The van der Waals surface area contributed by atoms with Gasteiger partial charge in [-0.3, -0.25) is 4.90 Å². The maximum absolute atomic E-state index is 4.44. The second kappa shape index (κ2) is 8.67. The molecule has 0 radical (unpaired) electrons. The molecule has 3 heterocycles. The smallest absolute Gasteiger partial charge is 0.0947 e. The summed E-state index contributed by atoms with van der Waals surface area (Å²) in [5, 5.41) is 5.07. The van der Waals surface area contributed by atoms with Gasteiger partial charge in [0, 0.05) is 47.1 Å². The maximum Gasteiger partial charge on any atom is 0.0947 e. The lowest BCUT2D eigenvalue weighted by Gasteiger charge is -2.43. The van der Waals surface area contributed by atoms with Crippen molar-refractivity contribution in [3.05, 3.63) is 77.6 Å². The van der Waals surface area contributed by atoms with Crippen molar-refractivity contribution in [2.24, 2.45) is 0 Å². The molecule has 0 spiro atoms. The van der Waals surface area contributed by atoms with Crippen LogP contribution >= 0.6 is 0 Å². The third-order valence-corrected chi connectivity index (χ3v) is 7.24. The topological polar surface area (TPSA) is 34.3 Å². The number of nitrogens with one attached hydrogen (secondary N) is 2. The molecule has 2 aliphatic rings. The molecular formula is C28H36N4. The fourth-order valence-electron chi connectivity index (χ4n) is 5.62. The van der Waals surface area contributed by atoms with Gasteiger partial charge in [-0.2, -0.15) is 0 Å². The molecule has 5 rings (SSSR count). The predicted molar refractivity (Wildman–Crippen MR) is 135 cm³/mol. The largest absolute Gasteiger partial charge is 0.380 e. The molecule has 1 fully saturated rings.